The molecule has 0 radical (unpaired) electrons. The molecule has 0 fully saturated rings. The van der Waals surface area contributed by atoms with Crippen LogP contribution in [-0.2, 0) is 6.54 Å². The van der Waals surface area contributed by atoms with E-state index >= 15 is 0 Å². The summed E-state index contributed by atoms with van der Waals surface area (Å²) in [5.74, 6) is -0.844. The lowest BCUT2D eigenvalue weighted by molar-refractivity contribution is 0.0784. The van der Waals surface area contributed by atoms with Gasteiger partial charge in [0.15, 0.2) is 0 Å². The van der Waals surface area contributed by atoms with E-state index in [9.17, 15) is 9.18 Å². The average Bonchev–Trinajstić information content (AvgIpc) is 2.43. The summed E-state index contributed by atoms with van der Waals surface area (Å²) in [7, 11) is 1.67. The maximum atomic E-state index is 13.4. The van der Waals surface area contributed by atoms with Gasteiger partial charge in [-0.05, 0) is 29.8 Å². The van der Waals surface area contributed by atoms with Crippen LogP contribution in [0, 0.1) is 5.82 Å². The predicted molar refractivity (Wildman–Crippen MR) is 81.3 cm³/mol. The highest BCUT2D eigenvalue weighted by Crippen LogP contribution is 2.20. The van der Waals surface area contributed by atoms with Gasteiger partial charge in [-0.3, -0.25) is 4.79 Å². The molecule has 0 saturated carbocycles. The van der Waals surface area contributed by atoms with Gasteiger partial charge in [0, 0.05) is 23.6 Å². The summed E-state index contributed by atoms with van der Waals surface area (Å²) in [6.07, 6.45) is 0. The molecule has 0 atom stereocenters. The van der Waals surface area contributed by atoms with Crippen molar-refractivity contribution in [1.82, 2.24) is 4.90 Å². The molecule has 104 valence electrons. The molecular formula is C15H12BrClFNO. The van der Waals surface area contributed by atoms with Gasteiger partial charge in [-0.2, -0.15) is 0 Å². The summed E-state index contributed by atoms with van der Waals surface area (Å²) in [5.41, 5.74) is 1.26. The molecule has 0 saturated heterocycles. The third kappa shape index (κ3) is 3.38. The second kappa shape index (κ2) is 6.37. The molecule has 2 aromatic carbocycles. The van der Waals surface area contributed by atoms with Crippen LogP contribution in [0.25, 0.3) is 0 Å². The average molecular weight is 357 g/mol. The van der Waals surface area contributed by atoms with Gasteiger partial charge in [0.05, 0.1) is 5.02 Å². The molecule has 0 spiro atoms. The molecule has 0 N–H and O–H groups in total. The van der Waals surface area contributed by atoms with Crippen molar-refractivity contribution in [2.45, 2.75) is 6.54 Å². The first kappa shape index (κ1) is 15.0. The van der Waals surface area contributed by atoms with Crippen molar-refractivity contribution in [3.63, 3.8) is 0 Å². The SMILES string of the molecule is CN(Cc1ccccc1Br)C(=O)c1ccc(Cl)c(F)c1. The number of halogens is 3. The number of rotatable bonds is 3. The van der Waals surface area contributed by atoms with Gasteiger partial charge in [0.1, 0.15) is 5.82 Å². The van der Waals surface area contributed by atoms with Crippen LogP contribution in [0.2, 0.25) is 5.02 Å². The van der Waals surface area contributed by atoms with E-state index < -0.39 is 5.82 Å². The molecule has 20 heavy (non-hydrogen) atoms. The van der Waals surface area contributed by atoms with E-state index in [1.165, 1.54) is 17.0 Å². The van der Waals surface area contributed by atoms with Crippen LogP contribution in [0.15, 0.2) is 46.9 Å². The number of carbonyl (C=O) groups excluding carboxylic acids is 1. The van der Waals surface area contributed by atoms with Crippen LogP contribution < -0.4 is 0 Å². The maximum Gasteiger partial charge on any atom is 0.254 e. The zero-order valence-corrected chi connectivity index (χ0v) is 13.1. The highest BCUT2D eigenvalue weighted by atomic mass is 79.9. The number of hydrogen-bond donors (Lipinski definition) is 0. The Bertz CT molecular complexity index is 648. The van der Waals surface area contributed by atoms with Gasteiger partial charge < -0.3 is 4.90 Å². The lowest BCUT2D eigenvalue weighted by Crippen LogP contribution is -2.26. The van der Waals surface area contributed by atoms with E-state index in [1.807, 2.05) is 24.3 Å². The van der Waals surface area contributed by atoms with Crippen LogP contribution in [-0.4, -0.2) is 17.9 Å². The number of nitrogens with zero attached hydrogens (tertiary/aromatic N) is 1. The van der Waals surface area contributed by atoms with Crippen LogP contribution in [0.4, 0.5) is 4.39 Å². The van der Waals surface area contributed by atoms with Crippen molar-refractivity contribution >= 4 is 33.4 Å². The molecule has 0 aromatic heterocycles. The Hall–Kier alpha value is -1.39. The molecule has 0 unspecified atom stereocenters. The maximum absolute atomic E-state index is 13.4. The van der Waals surface area contributed by atoms with Gasteiger partial charge in [-0.25, -0.2) is 4.39 Å². The molecule has 5 heteroatoms. The lowest BCUT2D eigenvalue weighted by atomic mass is 10.1. The minimum Gasteiger partial charge on any atom is -0.337 e. The predicted octanol–water partition coefficient (Wildman–Crippen LogP) is 4.51. The highest BCUT2D eigenvalue weighted by molar-refractivity contribution is 9.10. The van der Waals surface area contributed by atoms with Gasteiger partial charge >= 0.3 is 0 Å². The molecule has 0 aliphatic heterocycles. The zero-order valence-electron chi connectivity index (χ0n) is 10.7. The Morgan fingerprint density at radius 2 is 2.00 bits per heavy atom. The van der Waals surface area contributed by atoms with E-state index in [2.05, 4.69) is 15.9 Å². The van der Waals surface area contributed by atoms with Crippen LogP contribution in [0.1, 0.15) is 15.9 Å². The summed E-state index contributed by atoms with van der Waals surface area (Å²) in [4.78, 5) is 13.8. The van der Waals surface area contributed by atoms with Crippen molar-refractivity contribution < 1.29 is 9.18 Å². The second-order valence-electron chi connectivity index (χ2n) is 4.38. The van der Waals surface area contributed by atoms with E-state index in [1.54, 1.807) is 7.05 Å². The third-order valence-electron chi connectivity index (χ3n) is 2.88. The molecule has 0 aliphatic rings. The summed E-state index contributed by atoms with van der Waals surface area (Å²) >= 11 is 9.05. The van der Waals surface area contributed by atoms with Crippen molar-refractivity contribution in [1.29, 1.82) is 0 Å². The molecular weight excluding hydrogens is 345 g/mol. The summed E-state index contributed by atoms with van der Waals surface area (Å²) in [5, 5.41) is 0.00927. The normalized spacial score (nSPS) is 10.4. The molecule has 2 nitrogen and oxygen atoms in total. The number of amides is 1. The zero-order chi connectivity index (χ0) is 14.7. The number of carbonyl (C=O) groups is 1. The minimum absolute atomic E-state index is 0.00927. The van der Waals surface area contributed by atoms with Crippen LogP contribution in [0.5, 0.6) is 0 Å². The third-order valence-corrected chi connectivity index (χ3v) is 3.96. The van der Waals surface area contributed by atoms with Crippen LogP contribution >= 0.6 is 27.5 Å². The van der Waals surface area contributed by atoms with E-state index in [-0.39, 0.29) is 16.5 Å². The lowest BCUT2D eigenvalue weighted by Gasteiger charge is -2.18. The molecule has 1 amide bonds. The summed E-state index contributed by atoms with van der Waals surface area (Å²) < 4.78 is 14.3. The fourth-order valence-electron chi connectivity index (χ4n) is 1.80. The molecule has 0 aliphatic carbocycles. The van der Waals surface area contributed by atoms with Crippen molar-refractivity contribution in [2.75, 3.05) is 7.05 Å². The first-order valence-corrected chi connectivity index (χ1v) is 7.10. The number of hydrogen-bond acceptors (Lipinski definition) is 1. The smallest absolute Gasteiger partial charge is 0.254 e. The molecule has 2 aromatic rings. The first-order chi connectivity index (χ1) is 9.49. The van der Waals surface area contributed by atoms with Gasteiger partial charge in [-0.15, -0.1) is 0 Å². The van der Waals surface area contributed by atoms with Gasteiger partial charge in [-0.1, -0.05) is 45.7 Å². The minimum atomic E-state index is -0.591. The molecule has 2 rings (SSSR count). The van der Waals surface area contributed by atoms with E-state index in [4.69, 9.17) is 11.6 Å². The highest BCUT2D eigenvalue weighted by Gasteiger charge is 2.14. The van der Waals surface area contributed by atoms with Gasteiger partial charge in [0.2, 0.25) is 0 Å². The molecule has 0 heterocycles. The quantitative estimate of drug-likeness (QED) is 0.792. The molecule has 0 bridgehead atoms. The topological polar surface area (TPSA) is 20.3 Å². The Balaban J connectivity index is 2.16. The van der Waals surface area contributed by atoms with E-state index in [0.717, 1.165) is 16.1 Å². The fourth-order valence-corrected chi connectivity index (χ4v) is 2.33. The fraction of sp³-hybridized carbons (Fsp3) is 0.133. The van der Waals surface area contributed by atoms with Crippen molar-refractivity contribution in [3.05, 3.63) is 68.9 Å². The largest absolute Gasteiger partial charge is 0.337 e. The van der Waals surface area contributed by atoms with Gasteiger partial charge in [0.25, 0.3) is 5.91 Å². The second-order valence-corrected chi connectivity index (χ2v) is 5.64. The Kier molecular flexibility index (Phi) is 4.78. The Labute approximate surface area is 130 Å². The summed E-state index contributed by atoms with van der Waals surface area (Å²) in [6.45, 7) is 0.435. The first-order valence-electron chi connectivity index (χ1n) is 5.93. The summed E-state index contributed by atoms with van der Waals surface area (Å²) in [6, 6.07) is 11.7. The monoisotopic (exact) mass is 355 g/mol. The Morgan fingerprint density at radius 3 is 2.65 bits per heavy atom. The Morgan fingerprint density at radius 1 is 1.30 bits per heavy atom. The van der Waals surface area contributed by atoms with E-state index in [0.29, 0.717) is 6.54 Å². The van der Waals surface area contributed by atoms with Crippen molar-refractivity contribution in [2.24, 2.45) is 0 Å². The van der Waals surface area contributed by atoms with Crippen LogP contribution in [0.3, 0.4) is 0 Å². The van der Waals surface area contributed by atoms with Crippen molar-refractivity contribution in [3.8, 4) is 0 Å². The number of benzene rings is 2. The standard InChI is InChI=1S/C15H12BrClFNO/c1-19(9-11-4-2-3-5-12(11)16)15(20)10-6-7-13(17)14(18)8-10/h2-8H,9H2,1H3.